The zero-order chi connectivity index (χ0) is 22.1. The number of nitrogens with zero attached hydrogens (tertiary/aromatic N) is 3. The van der Waals surface area contributed by atoms with Crippen molar-refractivity contribution in [1.29, 1.82) is 0 Å². The smallest absolute Gasteiger partial charge is 0.252 e. The molecule has 0 aliphatic rings. The number of amides is 2. The molecule has 0 aliphatic heterocycles. The van der Waals surface area contributed by atoms with Crippen LogP contribution in [0.1, 0.15) is 22.0 Å². The third kappa shape index (κ3) is 7.88. The average molecular weight is 442 g/mol. The quantitative estimate of drug-likeness (QED) is 0.498. The van der Waals surface area contributed by atoms with Crippen LogP contribution in [0, 0.1) is 12.7 Å². The predicted octanol–water partition coefficient (Wildman–Crippen LogP) is 2.42. The lowest BCUT2D eigenvalue weighted by atomic mass is 10.2. The molecule has 0 saturated carbocycles. The number of hydrogen-bond acceptors (Lipinski definition) is 6. The second-order valence-electron chi connectivity index (χ2n) is 7.06. The minimum Gasteiger partial charge on any atom is -0.290 e. The van der Waals surface area contributed by atoms with Gasteiger partial charge in [0.25, 0.3) is 5.91 Å². The van der Waals surface area contributed by atoms with E-state index >= 15 is 0 Å². The molecule has 3 aromatic rings. The Balaban J connectivity index is 1.53. The van der Waals surface area contributed by atoms with Gasteiger partial charge in [-0.15, -0.1) is 11.3 Å². The van der Waals surface area contributed by atoms with Gasteiger partial charge in [0, 0.05) is 42.5 Å². The lowest BCUT2D eigenvalue weighted by molar-refractivity contribution is -0.129. The number of aromatic nitrogens is 2. The van der Waals surface area contributed by atoms with Gasteiger partial charge in [0.05, 0.1) is 13.0 Å². The highest BCUT2D eigenvalue weighted by Gasteiger charge is 2.14. The van der Waals surface area contributed by atoms with Crippen LogP contribution in [0.25, 0.3) is 0 Å². The summed E-state index contributed by atoms with van der Waals surface area (Å²) in [6.45, 7) is 2.97. The monoisotopic (exact) mass is 441 g/mol. The molecular weight excluding hydrogens is 417 g/mol. The van der Waals surface area contributed by atoms with E-state index in [0.29, 0.717) is 24.5 Å². The summed E-state index contributed by atoms with van der Waals surface area (Å²) in [5.41, 5.74) is 7.55. The highest BCUT2D eigenvalue weighted by atomic mass is 32.1. The van der Waals surface area contributed by atoms with Crippen LogP contribution in [-0.2, 0) is 29.0 Å². The van der Waals surface area contributed by atoms with Crippen LogP contribution < -0.4 is 10.9 Å². The van der Waals surface area contributed by atoms with E-state index in [1.165, 1.54) is 23.5 Å². The summed E-state index contributed by atoms with van der Waals surface area (Å²) in [6.07, 6.45) is 2.49. The first-order chi connectivity index (χ1) is 15.0. The molecule has 0 aliphatic carbocycles. The fourth-order valence-corrected chi connectivity index (χ4v) is 3.70. The fourth-order valence-electron chi connectivity index (χ4n) is 2.93. The van der Waals surface area contributed by atoms with Crippen molar-refractivity contribution in [2.45, 2.75) is 26.3 Å². The van der Waals surface area contributed by atoms with Gasteiger partial charge >= 0.3 is 0 Å². The number of thiazole rings is 1. The maximum Gasteiger partial charge on any atom is 0.252 e. The number of hydrazine groups is 1. The van der Waals surface area contributed by atoms with Crippen molar-refractivity contribution in [3.05, 3.63) is 81.8 Å². The molecule has 162 valence electrons. The second-order valence-corrected chi connectivity index (χ2v) is 8.01. The maximum atomic E-state index is 13.2. The van der Waals surface area contributed by atoms with Gasteiger partial charge in [-0.2, -0.15) is 0 Å². The molecule has 3 rings (SSSR count). The van der Waals surface area contributed by atoms with E-state index < -0.39 is 0 Å². The van der Waals surface area contributed by atoms with Crippen molar-refractivity contribution >= 4 is 23.2 Å². The first kappa shape index (κ1) is 22.5. The van der Waals surface area contributed by atoms with E-state index in [1.807, 2.05) is 35.4 Å². The number of carbonyl (C=O) groups is 2. The summed E-state index contributed by atoms with van der Waals surface area (Å²) in [7, 11) is 0. The van der Waals surface area contributed by atoms with Crippen molar-refractivity contribution in [1.82, 2.24) is 25.7 Å². The number of nitrogens with one attached hydrogen (secondary N) is 2. The standard InChI is InChI=1S/C22H24FN5O2S/c1-16-15-31-22(25-16)12-20(29)26-27-21(30)14-28(11-9-19-4-2-3-10-24-19)13-17-5-7-18(23)8-6-17/h2-8,10,15H,9,11-14H2,1H3,(H,26,29)(H,27,30). The molecule has 31 heavy (non-hydrogen) atoms. The van der Waals surface area contributed by atoms with Crippen molar-refractivity contribution in [2.75, 3.05) is 13.1 Å². The van der Waals surface area contributed by atoms with Crippen molar-refractivity contribution in [2.24, 2.45) is 0 Å². The molecule has 7 nitrogen and oxygen atoms in total. The molecule has 9 heteroatoms. The van der Waals surface area contributed by atoms with Crippen molar-refractivity contribution < 1.29 is 14.0 Å². The number of aryl methyl sites for hydroxylation is 1. The van der Waals surface area contributed by atoms with E-state index in [4.69, 9.17) is 0 Å². The Labute approximate surface area is 184 Å². The third-order valence-electron chi connectivity index (χ3n) is 4.42. The minimum atomic E-state index is -0.341. The van der Waals surface area contributed by atoms with E-state index in [-0.39, 0.29) is 30.6 Å². The second kappa shape index (κ2) is 11.3. The summed E-state index contributed by atoms with van der Waals surface area (Å²) >= 11 is 1.40. The zero-order valence-corrected chi connectivity index (χ0v) is 18.0. The Morgan fingerprint density at radius 2 is 1.87 bits per heavy atom. The van der Waals surface area contributed by atoms with E-state index in [9.17, 15) is 14.0 Å². The fraction of sp³-hybridized carbons (Fsp3) is 0.273. The first-order valence-electron chi connectivity index (χ1n) is 9.83. The van der Waals surface area contributed by atoms with Crippen LogP contribution in [0.4, 0.5) is 4.39 Å². The molecule has 0 atom stereocenters. The number of rotatable bonds is 9. The Hall–Kier alpha value is -3.17. The summed E-state index contributed by atoms with van der Waals surface area (Å²) in [5.74, 6) is -0.979. The normalized spacial score (nSPS) is 10.8. The largest absolute Gasteiger partial charge is 0.290 e. The van der Waals surface area contributed by atoms with Crippen LogP contribution in [0.3, 0.4) is 0 Å². The van der Waals surface area contributed by atoms with E-state index in [2.05, 4.69) is 20.8 Å². The van der Waals surface area contributed by atoms with Crippen molar-refractivity contribution in [3.63, 3.8) is 0 Å². The number of carbonyl (C=O) groups excluding carboxylic acids is 2. The molecule has 0 bridgehead atoms. The Bertz CT molecular complexity index is 995. The Morgan fingerprint density at radius 1 is 1.10 bits per heavy atom. The highest BCUT2D eigenvalue weighted by molar-refractivity contribution is 7.09. The molecule has 2 amide bonds. The van der Waals surface area contributed by atoms with Gasteiger partial charge in [0.1, 0.15) is 10.8 Å². The lowest BCUT2D eigenvalue weighted by Crippen LogP contribution is -2.47. The summed E-state index contributed by atoms with van der Waals surface area (Å²) in [6, 6.07) is 11.9. The summed E-state index contributed by atoms with van der Waals surface area (Å²) in [5, 5.41) is 2.56. The average Bonchev–Trinajstić information content (AvgIpc) is 3.17. The van der Waals surface area contributed by atoms with Gasteiger partial charge in [-0.25, -0.2) is 9.37 Å². The van der Waals surface area contributed by atoms with Crippen LogP contribution in [0.5, 0.6) is 0 Å². The first-order valence-corrected chi connectivity index (χ1v) is 10.7. The molecular formula is C22H24FN5O2S. The molecule has 0 saturated heterocycles. The molecule has 2 heterocycles. The third-order valence-corrected chi connectivity index (χ3v) is 5.38. The predicted molar refractivity (Wildman–Crippen MR) is 116 cm³/mol. The van der Waals surface area contributed by atoms with Gasteiger partial charge in [-0.05, 0) is 36.8 Å². The molecule has 1 aromatic carbocycles. The molecule has 0 radical (unpaired) electrons. The van der Waals surface area contributed by atoms with Crippen LogP contribution in [-0.4, -0.2) is 39.8 Å². The molecule has 0 unspecified atom stereocenters. The minimum absolute atomic E-state index is 0.0703. The SMILES string of the molecule is Cc1csc(CC(=O)NNC(=O)CN(CCc2ccccn2)Cc2ccc(F)cc2)n1. The summed E-state index contributed by atoms with van der Waals surface area (Å²) in [4.78, 5) is 34.9. The van der Waals surface area contributed by atoms with Crippen LogP contribution >= 0.6 is 11.3 Å². The van der Waals surface area contributed by atoms with Gasteiger partial charge in [-0.1, -0.05) is 18.2 Å². The van der Waals surface area contributed by atoms with Crippen LogP contribution in [0.2, 0.25) is 0 Å². The van der Waals surface area contributed by atoms with Gasteiger partial charge in [0.2, 0.25) is 5.91 Å². The molecule has 2 N–H and O–H groups in total. The number of halogens is 1. The maximum absolute atomic E-state index is 13.2. The van der Waals surface area contributed by atoms with Crippen molar-refractivity contribution in [3.8, 4) is 0 Å². The number of benzene rings is 1. The number of pyridine rings is 1. The Kier molecular flexibility index (Phi) is 8.19. The zero-order valence-electron chi connectivity index (χ0n) is 17.2. The molecule has 0 fully saturated rings. The highest BCUT2D eigenvalue weighted by Crippen LogP contribution is 2.09. The van der Waals surface area contributed by atoms with Crippen LogP contribution in [0.15, 0.2) is 54.0 Å². The molecule has 2 aromatic heterocycles. The summed E-state index contributed by atoms with van der Waals surface area (Å²) < 4.78 is 13.2. The number of hydrogen-bond donors (Lipinski definition) is 2. The lowest BCUT2D eigenvalue weighted by Gasteiger charge is -2.22. The Morgan fingerprint density at radius 3 is 2.55 bits per heavy atom. The van der Waals surface area contributed by atoms with E-state index in [1.54, 1.807) is 18.3 Å². The van der Waals surface area contributed by atoms with Gasteiger partial charge in [-0.3, -0.25) is 30.3 Å². The van der Waals surface area contributed by atoms with E-state index in [0.717, 1.165) is 17.0 Å². The molecule has 0 spiro atoms. The van der Waals surface area contributed by atoms with Gasteiger partial charge < -0.3 is 0 Å². The topological polar surface area (TPSA) is 87.2 Å². The van der Waals surface area contributed by atoms with Gasteiger partial charge in [0.15, 0.2) is 0 Å².